The van der Waals surface area contributed by atoms with E-state index in [1.807, 2.05) is 52.0 Å². The maximum atomic E-state index is 10.2. The number of benzene rings is 2. The zero-order valence-corrected chi connectivity index (χ0v) is 22.8. The van der Waals surface area contributed by atoms with Crippen LogP contribution in [0.3, 0.4) is 0 Å². The lowest BCUT2D eigenvalue weighted by atomic mass is 9.78. The van der Waals surface area contributed by atoms with E-state index in [0.29, 0.717) is 22.6 Å². The number of allylic oxidation sites excluding steroid dienone is 2. The van der Waals surface area contributed by atoms with E-state index >= 15 is 0 Å². The SMILES string of the molecule is CC1=C(C#N)C(C)=[N+]2C1=C(c1ccccc1)c1c(C)c(C#N)c(C)n1[B-]21Oc2ccc(C(C)(C)C)cc2O1. The second-order valence-corrected chi connectivity index (χ2v) is 11.4. The summed E-state index contributed by atoms with van der Waals surface area (Å²) in [6, 6.07) is 21.1. The molecule has 6 nitrogen and oxygen atoms in total. The summed E-state index contributed by atoms with van der Waals surface area (Å²) in [5.41, 5.74) is 9.28. The molecule has 0 saturated carbocycles. The molecular formula is C31H29BN4O2. The Morgan fingerprint density at radius 3 is 2.21 bits per heavy atom. The first-order valence-electron chi connectivity index (χ1n) is 12.9. The van der Waals surface area contributed by atoms with Gasteiger partial charge in [0.1, 0.15) is 29.2 Å². The van der Waals surface area contributed by atoms with Gasteiger partial charge in [-0.3, -0.25) is 0 Å². The fourth-order valence-corrected chi connectivity index (χ4v) is 6.31. The van der Waals surface area contributed by atoms with Crippen LogP contribution in [0.2, 0.25) is 0 Å². The van der Waals surface area contributed by atoms with Crippen molar-refractivity contribution in [2.45, 2.75) is 53.9 Å². The highest BCUT2D eigenvalue weighted by atomic mass is 16.7. The van der Waals surface area contributed by atoms with Gasteiger partial charge in [0.15, 0.2) is 11.4 Å². The third kappa shape index (κ3) is 2.90. The predicted octanol–water partition coefficient (Wildman–Crippen LogP) is 6.13. The van der Waals surface area contributed by atoms with Crippen molar-refractivity contribution < 1.29 is 13.8 Å². The van der Waals surface area contributed by atoms with E-state index in [1.165, 1.54) is 0 Å². The number of rotatable bonds is 1. The molecule has 0 radical (unpaired) electrons. The molecular weight excluding hydrogens is 471 g/mol. The van der Waals surface area contributed by atoms with Crippen molar-refractivity contribution in [2.24, 2.45) is 0 Å². The van der Waals surface area contributed by atoms with Crippen LogP contribution in [0.25, 0.3) is 5.57 Å². The molecule has 0 bridgehead atoms. The Morgan fingerprint density at radius 2 is 1.58 bits per heavy atom. The summed E-state index contributed by atoms with van der Waals surface area (Å²) in [5, 5.41) is 20.4. The molecule has 2 aromatic carbocycles. The summed E-state index contributed by atoms with van der Waals surface area (Å²) in [6.07, 6.45) is 0. The summed E-state index contributed by atoms with van der Waals surface area (Å²) in [7, 11) is 0. The molecule has 1 unspecified atom stereocenters. The van der Waals surface area contributed by atoms with Gasteiger partial charge in [-0.25, -0.2) is 0 Å². The van der Waals surface area contributed by atoms with Gasteiger partial charge < -0.3 is 18.3 Å². The van der Waals surface area contributed by atoms with Crippen molar-refractivity contribution in [3.8, 4) is 23.6 Å². The predicted molar refractivity (Wildman–Crippen MR) is 148 cm³/mol. The van der Waals surface area contributed by atoms with Crippen LogP contribution in [0.5, 0.6) is 11.5 Å². The molecule has 0 fully saturated rings. The third-order valence-electron chi connectivity index (χ3n) is 8.17. The molecule has 3 aliphatic rings. The van der Waals surface area contributed by atoms with Gasteiger partial charge in [0.2, 0.25) is 0 Å². The van der Waals surface area contributed by atoms with Crippen LogP contribution in [-0.4, -0.2) is 21.5 Å². The average molecular weight is 500 g/mol. The summed E-state index contributed by atoms with van der Waals surface area (Å²) in [6.45, 7) is 11.9. The quantitative estimate of drug-likeness (QED) is 0.377. The number of hydrogen-bond acceptors (Lipinski definition) is 4. The van der Waals surface area contributed by atoms with Crippen LogP contribution in [0, 0.1) is 36.5 Å². The first-order valence-corrected chi connectivity index (χ1v) is 12.9. The molecule has 188 valence electrons. The van der Waals surface area contributed by atoms with Gasteiger partial charge in [-0.15, -0.1) is 0 Å². The van der Waals surface area contributed by atoms with Gasteiger partial charge in [-0.1, -0.05) is 57.2 Å². The molecule has 1 spiro atoms. The molecule has 0 saturated heterocycles. The molecule has 3 aromatic rings. The Labute approximate surface area is 223 Å². The molecule has 0 aliphatic carbocycles. The standard InChI is InChI=1S/C31H29BN4O2/c1-18-24(16-33)20(3)35-29(18)28(22-11-9-8-10-12-22)30-19(2)25(17-34)21(4)36(30)32(35)37-26-14-13-23(31(5,6)7)15-27(26)38-32/h8-15H,1-7H3. The van der Waals surface area contributed by atoms with Gasteiger partial charge in [-0.2, -0.15) is 10.5 Å². The fourth-order valence-electron chi connectivity index (χ4n) is 6.31. The molecule has 0 amide bonds. The summed E-state index contributed by atoms with van der Waals surface area (Å²) < 4.78 is 17.9. The van der Waals surface area contributed by atoms with Gasteiger partial charge >= 0.3 is 6.82 Å². The average Bonchev–Trinajstić information content (AvgIpc) is 3.47. The largest absolute Gasteiger partial charge is 0.780 e. The van der Waals surface area contributed by atoms with E-state index in [-0.39, 0.29) is 5.41 Å². The molecule has 7 heteroatoms. The monoisotopic (exact) mass is 500 g/mol. The number of hydrogen-bond donors (Lipinski definition) is 0. The fraction of sp³-hybridized carbons (Fsp3) is 0.258. The van der Waals surface area contributed by atoms with Crippen molar-refractivity contribution >= 4 is 18.1 Å². The highest BCUT2D eigenvalue weighted by Crippen LogP contribution is 2.50. The Balaban J connectivity index is 1.75. The lowest BCUT2D eigenvalue weighted by molar-refractivity contribution is -0.369. The molecule has 4 heterocycles. The van der Waals surface area contributed by atoms with Crippen LogP contribution in [-0.2, 0) is 5.41 Å². The van der Waals surface area contributed by atoms with E-state index in [1.54, 1.807) is 0 Å². The van der Waals surface area contributed by atoms with E-state index in [9.17, 15) is 10.5 Å². The number of fused-ring (bicyclic) bond motifs is 5. The topological polar surface area (TPSA) is 74.0 Å². The van der Waals surface area contributed by atoms with E-state index < -0.39 is 6.82 Å². The second kappa shape index (κ2) is 7.76. The maximum Gasteiger partial charge on any atom is 0.780 e. The molecule has 6 rings (SSSR count). The van der Waals surface area contributed by atoms with Crippen molar-refractivity contribution in [3.05, 3.63) is 99.0 Å². The summed E-state index contributed by atoms with van der Waals surface area (Å²) in [4.78, 5) is 0. The first kappa shape index (κ1) is 23.9. The maximum absolute atomic E-state index is 10.2. The highest BCUT2D eigenvalue weighted by molar-refractivity contribution is 6.62. The lowest BCUT2D eigenvalue weighted by Gasteiger charge is -2.39. The van der Waals surface area contributed by atoms with Gasteiger partial charge in [0.05, 0.1) is 11.1 Å². The molecule has 1 aromatic heterocycles. The molecule has 38 heavy (non-hydrogen) atoms. The van der Waals surface area contributed by atoms with Crippen LogP contribution in [0.1, 0.15) is 68.3 Å². The smallest absolute Gasteiger partial charge is 0.599 e. The van der Waals surface area contributed by atoms with E-state index in [4.69, 9.17) is 9.31 Å². The van der Waals surface area contributed by atoms with Crippen molar-refractivity contribution in [2.75, 3.05) is 0 Å². The van der Waals surface area contributed by atoms with Crippen LogP contribution < -0.4 is 9.31 Å². The van der Waals surface area contributed by atoms with Crippen LogP contribution >= 0.6 is 0 Å². The molecule has 0 N–H and O–H groups in total. The minimum atomic E-state index is -2.40. The van der Waals surface area contributed by atoms with Gasteiger partial charge in [0, 0.05) is 23.9 Å². The van der Waals surface area contributed by atoms with Crippen molar-refractivity contribution in [3.63, 3.8) is 0 Å². The zero-order chi connectivity index (χ0) is 27.1. The minimum Gasteiger partial charge on any atom is -0.599 e. The van der Waals surface area contributed by atoms with Gasteiger partial charge in [0.25, 0.3) is 0 Å². The lowest BCUT2D eigenvalue weighted by Crippen LogP contribution is -2.65. The summed E-state index contributed by atoms with van der Waals surface area (Å²) >= 11 is 0. The number of aromatic nitrogens is 1. The number of nitriles is 2. The van der Waals surface area contributed by atoms with E-state index in [0.717, 1.165) is 50.6 Å². The highest BCUT2D eigenvalue weighted by Gasteiger charge is 2.64. The molecule has 1 atom stereocenters. The minimum absolute atomic E-state index is 0.0693. The Hall–Kier alpha value is -4.49. The Bertz CT molecular complexity index is 1750. The van der Waals surface area contributed by atoms with Crippen LogP contribution in [0.15, 0.2) is 65.4 Å². The van der Waals surface area contributed by atoms with Crippen molar-refractivity contribution in [1.29, 1.82) is 10.5 Å². The Kier molecular flexibility index (Phi) is 4.88. The normalized spacial score (nSPS) is 19.6. The summed E-state index contributed by atoms with van der Waals surface area (Å²) in [5.74, 6) is 1.30. The van der Waals surface area contributed by atoms with E-state index in [2.05, 4.69) is 66.1 Å². The van der Waals surface area contributed by atoms with Crippen LogP contribution in [0.4, 0.5) is 0 Å². The Morgan fingerprint density at radius 1 is 0.895 bits per heavy atom. The van der Waals surface area contributed by atoms with Gasteiger partial charge in [-0.05, 0) is 55.0 Å². The van der Waals surface area contributed by atoms with Crippen molar-refractivity contribution in [1.82, 2.24) is 4.48 Å². The zero-order valence-electron chi connectivity index (χ0n) is 22.8. The first-order chi connectivity index (χ1) is 18.0. The molecule has 3 aliphatic heterocycles. The third-order valence-corrected chi connectivity index (χ3v) is 8.17. The number of nitrogens with zero attached hydrogens (tertiary/aromatic N) is 4. The second-order valence-electron chi connectivity index (χ2n) is 11.4.